The molecule has 2 aliphatic rings. The smallest absolute Gasteiger partial charge is 0.191 e. The zero-order valence-corrected chi connectivity index (χ0v) is 13.8. The van der Waals surface area contributed by atoms with Gasteiger partial charge in [0.1, 0.15) is 12.4 Å². The van der Waals surface area contributed by atoms with Crippen LogP contribution in [0.15, 0.2) is 29.3 Å². The second-order valence-corrected chi connectivity index (χ2v) is 6.99. The van der Waals surface area contributed by atoms with Crippen LogP contribution in [0.3, 0.4) is 0 Å². The van der Waals surface area contributed by atoms with Gasteiger partial charge in [0.2, 0.25) is 0 Å². The summed E-state index contributed by atoms with van der Waals surface area (Å²) in [6.45, 7) is 4.90. The molecule has 23 heavy (non-hydrogen) atoms. The Morgan fingerprint density at radius 1 is 1.30 bits per heavy atom. The average molecular weight is 311 g/mol. The standard InChI is InChI=1S/C18H25N5/c1-13-5-4-10-22(12-13)18(19)20-11-17-21-15-6-2-3-7-16(15)23(17)14-8-9-14/h2-3,6-7,13-14H,4-5,8-12H2,1H3,(H2,19,20). The Morgan fingerprint density at radius 2 is 2.13 bits per heavy atom. The number of nitrogens with zero attached hydrogens (tertiary/aromatic N) is 4. The molecule has 1 aromatic heterocycles. The van der Waals surface area contributed by atoms with Crippen molar-refractivity contribution in [2.45, 2.75) is 45.2 Å². The van der Waals surface area contributed by atoms with Crippen molar-refractivity contribution >= 4 is 17.0 Å². The molecule has 1 saturated heterocycles. The van der Waals surface area contributed by atoms with Crippen LogP contribution in [-0.2, 0) is 6.54 Å². The first-order valence-corrected chi connectivity index (χ1v) is 8.73. The molecule has 1 aliphatic heterocycles. The van der Waals surface area contributed by atoms with E-state index in [0.29, 0.717) is 24.5 Å². The second-order valence-electron chi connectivity index (χ2n) is 6.99. The van der Waals surface area contributed by atoms with Crippen molar-refractivity contribution in [2.24, 2.45) is 16.6 Å². The van der Waals surface area contributed by atoms with Gasteiger partial charge in [0.05, 0.1) is 11.0 Å². The lowest BCUT2D eigenvalue weighted by Crippen LogP contribution is -2.43. The summed E-state index contributed by atoms with van der Waals surface area (Å²) in [6, 6.07) is 8.97. The molecule has 4 rings (SSSR count). The first-order valence-electron chi connectivity index (χ1n) is 8.73. The fourth-order valence-corrected chi connectivity index (χ4v) is 3.60. The molecule has 0 spiro atoms. The van der Waals surface area contributed by atoms with E-state index < -0.39 is 0 Å². The highest BCUT2D eigenvalue weighted by Crippen LogP contribution is 2.38. The molecule has 0 amide bonds. The van der Waals surface area contributed by atoms with Gasteiger partial charge in [-0.3, -0.25) is 0 Å². The summed E-state index contributed by atoms with van der Waals surface area (Å²) in [5.41, 5.74) is 8.53. The van der Waals surface area contributed by atoms with E-state index >= 15 is 0 Å². The number of hydrogen-bond donors (Lipinski definition) is 1. The maximum Gasteiger partial charge on any atom is 0.191 e. The van der Waals surface area contributed by atoms with Gasteiger partial charge in [0.25, 0.3) is 0 Å². The van der Waals surface area contributed by atoms with Crippen molar-refractivity contribution in [1.29, 1.82) is 0 Å². The van der Waals surface area contributed by atoms with Crippen molar-refractivity contribution in [3.05, 3.63) is 30.1 Å². The number of imidazole rings is 1. The lowest BCUT2D eigenvalue weighted by atomic mass is 10.0. The minimum Gasteiger partial charge on any atom is -0.370 e. The molecule has 1 atom stereocenters. The quantitative estimate of drug-likeness (QED) is 0.700. The van der Waals surface area contributed by atoms with E-state index in [1.54, 1.807) is 0 Å². The molecular weight excluding hydrogens is 286 g/mol. The van der Waals surface area contributed by atoms with E-state index in [1.807, 2.05) is 6.07 Å². The van der Waals surface area contributed by atoms with E-state index in [2.05, 4.69) is 39.6 Å². The molecule has 2 N–H and O–H groups in total. The fourth-order valence-electron chi connectivity index (χ4n) is 3.60. The van der Waals surface area contributed by atoms with E-state index in [0.717, 1.165) is 24.4 Å². The number of hydrogen-bond acceptors (Lipinski definition) is 2. The van der Waals surface area contributed by atoms with Gasteiger partial charge in [-0.05, 0) is 43.7 Å². The topological polar surface area (TPSA) is 59.4 Å². The maximum absolute atomic E-state index is 6.23. The van der Waals surface area contributed by atoms with Crippen molar-refractivity contribution in [3.63, 3.8) is 0 Å². The Labute approximate surface area is 137 Å². The van der Waals surface area contributed by atoms with Crippen LogP contribution in [0.5, 0.6) is 0 Å². The van der Waals surface area contributed by atoms with Crippen LogP contribution in [0.4, 0.5) is 0 Å². The van der Waals surface area contributed by atoms with Gasteiger partial charge >= 0.3 is 0 Å². The fraction of sp³-hybridized carbons (Fsp3) is 0.556. The summed E-state index contributed by atoms with van der Waals surface area (Å²) in [5, 5.41) is 0. The Morgan fingerprint density at radius 3 is 2.91 bits per heavy atom. The third-order valence-electron chi connectivity index (χ3n) is 4.94. The van der Waals surface area contributed by atoms with Crippen molar-refractivity contribution in [2.75, 3.05) is 13.1 Å². The zero-order valence-electron chi connectivity index (χ0n) is 13.8. The summed E-state index contributed by atoms with van der Waals surface area (Å²) in [6.07, 6.45) is 4.99. The number of fused-ring (bicyclic) bond motifs is 1. The zero-order chi connectivity index (χ0) is 15.8. The van der Waals surface area contributed by atoms with Crippen LogP contribution in [0.1, 0.15) is 44.5 Å². The lowest BCUT2D eigenvalue weighted by molar-refractivity contribution is 0.270. The van der Waals surface area contributed by atoms with Gasteiger partial charge in [-0.15, -0.1) is 0 Å². The number of aromatic nitrogens is 2. The van der Waals surface area contributed by atoms with Crippen molar-refractivity contribution < 1.29 is 0 Å². The van der Waals surface area contributed by atoms with Crippen LogP contribution in [-0.4, -0.2) is 33.5 Å². The third kappa shape index (κ3) is 2.92. The number of para-hydroxylation sites is 2. The molecule has 5 heteroatoms. The molecule has 1 aliphatic carbocycles. The molecule has 2 aromatic rings. The van der Waals surface area contributed by atoms with E-state index in [1.165, 1.54) is 31.2 Å². The van der Waals surface area contributed by atoms with Crippen LogP contribution >= 0.6 is 0 Å². The molecule has 122 valence electrons. The van der Waals surface area contributed by atoms with Gasteiger partial charge in [-0.25, -0.2) is 9.98 Å². The number of rotatable bonds is 3. The van der Waals surface area contributed by atoms with E-state index in [9.17, 15) is 0 Å². The Balaban J connectivity index is 1.57. The van der Waals surface area contributed by atoms with Crippen LogP contribution in [0, 0.1) is 5.92 Å². The molecule has 1 aromatic carbocycles. The van der Waals surface area contributed by atoms with Crippen molar-refractivity contribution in [3.8, 4) is 0 Å². The number of benzene rings is 1. The minimum absolute atomic E-state index is 0.571. The summed E-state index contributed by atoms with van der Waals surface area (Å²) < 4.78 is 2.37. The number of guanidine groups is 1. The molecule has 5 nitrogen and oxygen atoms in total. The molecule has 1 saturated carbocycles. The van der Waals surface area contributed by atoms with Gasteiger partial charge in [0, 0.05) is 19.1 Å². The molecular formula is C18H25N5. The first-order chi connectivity index (χ1) is 11.2. The van der Waals surface area contributed by atoms with Gasteiger partial charge in [0.15, 0.2) is 5.96 Å². The molecule has 1 unspecified atom stereocenters. The first kappa shape index (κ1) is 14.5. The van der Waals surface area contributed by atoms with Crippen molar-refractivity contribution in [1.82, 2.24) is 14.5 Å². The predicted octanol–water partition coefficient (Wildman–Crippen LogP) is 2.92. The van der Waals surface area contributed by atoms with E-state index in [-0.39, 0.29) is 0 Å². The van der Waals surface area contributed by atoms with Crippen LogP contribution in [0.2, 0.25) is 0 Å². The Bertz CT molecular complexity index is 728. The molecule has 0 radical (unpaired) electrons. The molecule has 2 fully saturated rings. The van der Waals surface area contributed by atoms with Gasteiger partial charge < -0.3 is 15.2 Å². The lowest BCUT2D eigenvalue weighted by Gasteiger charge is -2.31. The maximum atomic E-state index is 6.23. The third-order valence-corrected chi connectivity index (χ3v) is 4.94. The second kappa shape index (κ2) is 5.87. The monoisotopic (exact) mass is 311 g/mol. The van der Waals surface area contributed by atoms with Gasteiger partial charge in [-0.2, -0.15) is 0 Å². The number of piperidine rings is 1. The normalized spacial score (nSPS) is 22.7. The van der Waals surface area contributed by atoms with E-state index in [4.69, 9.17) is 10.7 Å². The largest absolute Gasteiger partial charge is 0.370 e. The van der Waals surface area contributed by atoms with Crippen LogP contribution in [0.25, 0.3) is 11.0 Å². The van der Waals surface area contributed by atoms with Gasteiger partial charge in [-0.1, -0.05) is 19.1 Å². The highest BCUT2D eigenvalue weighted by atomic mass is 15.3. The molecule has 0 bridgehead atoms. The average Bonchev–Trinajstić information content (AvgIpc) is 3.33. The minimum atomic E-state index is 0.571. The Hall–Kier alpha value is -2.04. The predicted molar refractivity (Wildman–Crippen MR) is 93.3 cm³/mol. The highest BCUT2D eigenvalue weighted by Gasteiger charge is 2.28. The number of nitrogens with two attached hydrogens (primary N) is 1. The summed E-state index contributed by atoms with van der Waals surface area (Å²) in [7, 11) is 0. The van der Waals surface area contributed by atoms with Crippen LogP contribution < -0.4 is 5.73 Å². The molecule has 2 heterocycles. The summed E-state index contributed by atoms with van der Waals surface area (Å²) in [5.74, 6) is 2.42. The Kier molecular flexibility index (Phi) is 3.71. The number of likely N-dealkylation sites (tertiary alicyclic amines) is 1. The number of aliphatic imine (C=N–C) groups is 1. The SMILES string of the molecule is CC1CCCN(C(N)=NCc2nc3ccccc3n2C2CC2)C1. The summed E-state index contributed by atoms with van der Waals surface area (Å²) >= 11 is 0. The highest BCUT2D eigenvalue weighted by molar-refractivity contribution is 5.78. The summed E-state index contributed by atoms with van der Waals surface area (Å²) in [4.78, 5) is 11.7.